The first-order chi connectivity index (χ1) is 7.11. The second kappa shape index (κ2) is 9.04. The molecule has 85 valence electrons. The van der Waals surface area contributed by atoms with Gasteiger partial charge in [-0.1, -0.05) is 43.7 Å². The summed E-state index contributed by atoms with van der Waals surface area (Å²) < 4.78 is 1.51. The largest absolute Gasteiger partial charge is 0.300 e. The van der Waals surface area contributed by atoms with Gasteiger partial charge in [-0.05, 0) is 19.8 Å². The molecule has 0 heterocycles. The fraction of sp³-hybridized carbons (Fsp3) is 0.636. The molecule has 1 radical (unpaired) electrons. The van der Waals surface area contributed by atoms with Crippen molar-refractivity contribution in [1.29, 1.82) is 5.41 Å². The molecule has 1 atom stereocenters. The third kappa shape index (κ3) is 7.68. The topological polar surface area (TPSA) is 40.9 Å². The summed E-state index contributed by atoms with van der Waals surface area (Å²) in [5.74, 6) is 0.370. The zero-order valence-corrected chi connectivity index (χ0v) is 10.8. The number of rotatable bonds is 8. The van der Waals surface area contributed by atoms with Crippen LogP contribution in [0.4, 0.5) is 0 Å². The molecule has 0 saturated carbocycles. The summed E-state index contributed by atoms with van der Waals surface area (Å²) >= 11 is 6.00. The summed E-state index contributed by atoms with van der Waals surface area (Å²) in [7, 11) is 0. The van der Waals surface area contributed by atoms with E-state index >= 15 is 0 Å². The van der Waals surface area contributed by atoms with Gasteiger partial charge in [0.25, 0.3) is 0 Å². The van der Waals surface area contributed by atoms with Crippen molar-refractivity contribution in [2.75, 3.05) is 0 Å². The minimum atomic E-state index is 0.180. The number of carbonyl (C=O) groups is 1. The quantitative estimate of drug-likeness (QED) is 0.402. The van der Waals surface area contributed by atoms with Crippen LogP contribution in [0, 0.1) is 18.3 Å². The highest BCUT2D eigenvalue weighted by Crippen LogP contribution is 2.21. The molecule has 4 heteroatoms. The molecule has 0 saturated heterocycles. The van der Waals surface area contributed by atoms with Gasteiger partial charge in [-0.25, -0.2) is 0 Å². The lowest BCUT2D eigenvalue weighted by atomic mass is 9.97. The van der Waals surface area contributed by atoms with Crippen molar-refractivity contribution >= 4 is 39.5 Å². The fourth-order valence-corrected chi connectivity index (χ4v) is 2.17. The number of thiocarbonyl (C=S) groups is 1. The van der Waals surface area contributed by atoms with E-state index in [2.05, 4.69) is 6.92 Å². The second-order valence-electron chi connectivity index (χ2n) is 3.51. The Kier molecular flexibility index (Phi) is 8.91. The summed E-state index contributed by atoms with van der Waals surface area (Å²) in [5, 5.41) is 8.39. The number of Topliss-reactive ketones (excluding diaryl/α,β-unsaturated/α-hetero) is 1. The van der Waals surface area contributed by atoms with Crippen LogP contribution >= 0.6 is 24.0 Å². The van der Waals surface area contributed by atoms with E-state index in [4.69, 9.17) is 17.6 Å². The lowest BCUT2D eigenvalue weighted by Crippen LogP contribution is -2.12. The lowest BCUT2D eigenvalue weighted by Gasteiger charge is -2.15. The smallest absolute Gasteiger partial charge is 0.129 e. The first kappa shape index (κ1) is 14.8. The molecule has 0 amide bonds. The van der Waals surface area contributed by atoms with Gasteiger partial charge in [0.2, 0.25) is 0 Å². The molecule has 0 aliphatic rings. The van der Waals surface area contributed by atoms with Gasteiger partial charge in [-0.2, -0.15) is 0 Å². The van der Waals surface area contributed by atoms with Gasteiger partial charge in [0.05, 0.1) is 5.04 Å². The van der Waals surface area contributed by atoms with E-state index < -0.39 is 0 Å². The Bertz CT molecular complexity index is 229. The Balaban J connectivity index is 4.09. The van der Waals surface area contributed by atoms with Crippen molar-refractivity contribution in [2.24, 2.45) is 5.92 Å². The Morgan fingerprint density at radius 1 is 1.60 bits per heavy atom. The molecule has 0 rings (SSSR count). The van der Waals surface area contributed by atoms with Crippen LogP contribution < -0.4 is 0 Å². The molecule has 2 nitrogen and oxygen atoms in total. The first-order valence-corrected chi connectivity index (χ1v) is 6.44. The maximum absolute atomic E-state index is 10.9. The number of ketones is 1. The van der Waals surface area contributed by atoms with Crippen LogP contribution in [0.25, 0.3) is 0 Å². The average molecular weight is 244 g/mol. The highest BCUT2D eigenvalue weighted by atomic mass is 32.2. The molecule has 1 N–H and O–H groups in total. The maximum atomic E-state index is 10.9. The van der Waals surface area contributed by atoms with Crippen LogP contribution in [0.5, 0.6) is 0 Å². The molecule has 0 fully saturated rings. The van der Waals surface area contributed by atoms with E-state index in [-0.39, 0.29) is 11.7 Å². The Hall–Kier alpha value is -0.220. The molecule has 1 unspecified atom stereocenters. The zero-order chi connectivity index (χ0) is 11.7. The van der Waals surface area contributed by atoms with Crippen LogP contribution in [0.3, 0.4) is 0 Å². The molecule has 0 aliphatic heterocycles. The number of thioether (sulfide) groups is 1. The monoisotopic (exact) mass is 244 g/mol. The average Bonchev–Trinajstić information content (AvgIpc) is 2.17. The van der Waals surface area contributed by atoms with Gasteiger partial charge >= 0.3 is 0 Å². The van der Waals surface area contributed by atoms with Crippen molar-refractivity contribution in [2.45, 2.75) is 39.0 Å². The predicted molar refractivity (Wildman–Crippen MR) is 71.6 cm³/mol. The van der Waals surface area contributed by atoms with E-state index in [1.807, 2.05) is 0 Å². The minimum absolute atomic E-state index is 0.180. The van der Waals surface area contributed by atoms with E-state index in [0.29, 0.717) is 11.5 Å². The van der Waals surface area contributed by atoms with E-state index in [1.165, 1.54) is 16.5 Å². The highest BCUT2D eigenvalue weighted by molar-refractivity contribution is 8.31. The molecule has 0 bridgehead atoms. The second-order valence-corrected chi connectivity index (χ2v) is 4.96. The van der Waals surface area contributed by atoms with Crippen molar-refractivity contribution in [3.63, 3.8) is 0 Å². The van der Waals surface area contributed by atoms with Gasteiger partial charge in [0, 0.05) is 17.0 Å². The lowest BCUT2D eigenvalue weighted by molar-refractivity contribution is -0.117. The molecule has 15 heavy (non-hydrogen) atoms. The standard InChI is InChI=1S/C11H18NOS2/c1-3-4-5-10(7-6-9(2)13)11(12)15-8-14/h8,10,12H,1,3-7H2,2H3. The zero-order valence-electron chi connectivity index (χ0n) is 9.12. The fourth-order valence-electron chi connectivity index (χ4n) is 1.32. The first-order valence-electron chi connectivity index (χ1n) is 5.09. The van der Waals surface area contributed by atoms with E-state index in [9.17, 15) is 4.79 Å². The molecular weight excluding hydrogens is 226 g/mol. The molecule has 0 spiro atoms. The summed E-state index contributed by atoms with van der Waals surface area (Å²) in [4.78, 5) is 10.9. The summed E-state index contributed by atoms with van der Waals surface area (Å²) in [5.41, 5.74) is 0. The Labute approximate surface area is 102 Å². The van der Waals surface area contributed by atoms with Gasteiger partial charge in [-0.15, -0.1) is 0 Å². The van der Waals surface area contributed by atoms with Gasteiger partial charge in [-0.3, -0.25) is 5.41 Å². The predicted octanol–water partition coefficient (Wildman–Crippen LogP) is 3.64. The normalized spacial score (nSPS) is 12.1. The Morgan fingerprint density at radius 3 is 2.73 bits per heavy atom. The summed E-state index contributed by atoms with van der Waals surface area (Å²) in [6.45, 7) is 5.38. The summed E-state index contributed by atoms with van der Waals surface area (Å²) in [6, 6.07) is 0. The van der Waals surface area contributed by atoms with Crippen molar-refractivity contribution in [1.82, 2.24) is 0 Å². The summed E-state index contributed by atoms with van der Waals surface area (Å²) in [6.07, 6.45) is 4.15. The molecule has 0 aromatic heterocycles. The highest BCUT2D eigenvalue weighted by Gasteiger charge is 2.14. The van der Waals surface area contributed by atoms with E-state index in [1.54, 1.807) is 6.92 Å². The van der Waals surface area contributed by atoms with Crippen LogP contribution in [0.15, 0.2) is 0 Å². The number of carbonyl (C=O) groups excluding carboxylic acids is 1. The van der Waals surface area contributed by atoms with Crippen LogP contribution in [-0.4, -0.2) is 15.5 Å². The minimum Gasteiger partial charge on any atom is -0.300 e. The third-order valence-corrected chi connectivity index (χ3v) is 3.17. The van der Waals surface area contributed by atoms with E-state index in [0.717, 1.165) is 25.7 Å². The van der Waals surface area contributed by atoms with Crippen LogP contribution in [0.2, 0.25) is 0 Å². The van der Waals surface area contributed by atoms with Gasteiger partial charge in [0.15, 0.2) is 0 Å². The molecule has 0 aromatic rings. The SMILES string of the molecule is [CH2]CCCC(CCC(C)=O)C(=N)SC=S. The number of unbranched alkanes of at least 4 members (excludes halogenated alkanes) is 1. The van der Waals surface area contributed by atoms with Crippen molar-refractivity contribution in [3.05, 3.63) is 6.92 Å². The maximum Gasteiger partial charge on any atom is 0.129 e. The van der Waals surface area contributed by atoms with Crippen molar-refractivity contribution < 1.29 is 4.79 Å². The number of hydrogen-bond acceptors (Lipinski definition) is 4. The third-order valence-electron chi connectivity index (χ3n) is 2.19. The van der Waals surface area contributed by atoms with Crippen molar-refractivity contribution in [3.8, 4) is 0 Å². The van der Waals surface area contributed by atoms with Crippen LogP contribution in [-0.2, 0) is 4.79 Å². The van der Waals surface area contributed by atoms with Crippen LogP contribution in [0.1, 0.15) is 39.0 Å². The molecule has 0 aliphatic carbocycles. The van der Waals surface area contributed by atoms with Gasteiger partial charge < -0.3 is 4.79 Å². The Morgan fingerprint density at radius 2 is 2.27 bits per heavy atom. The number of nitrogens with one attached hydrogen (secondary N) is 1. The van der Waals surface area contributed by atoms with Gasteiger partial charge in [0.1, 0.15) is 5.78 Å². The molecule has 0 aromatic carbocycles. The molecular formula is C11H18NOS2. The number of hydrogen-bond donors (Lipinski definition) is 1.